The summed E-state index contributed by atoms with van der Waals surface area (Å²) in [5, 5.41) is 9.11. The van der Waals surface area contributed by atoms with Crippen molar-refractivity contribution in [3.63, 3.8) is 0 Å². The highest BCUT2D eigenvalue weighted by atomic mass is 16.2. The molecule has 2 saturated heterocycles. The molecule has 4 rings (SSSR count). The van der Waals surface area contributed by atoms with Crippen LogP contribution in [0.4, 0.5) is 4.79 Å². The Kier molecular flexibility index (Phi) is 3.54. The van der Waals surface area contributed by atoms with Gasteiger partial charge in [-0.1, -0.05) is 0 Å². The molecule has 0 aromatic carbocycles. The number of nitrogens with zero attached hydrogens (tertiary/aromatic N) is 3. The first-order valence-corrected chi connectivity index (χ1v) is 8.41. The standard InChI is InChI=1S/C16H21N5O3/c1-20-7-10(6-17-20)11-5-12(11)15(23)21-4-2-3-9(8-21)13-14(22)19-16(24)18-13/h6-7,9,11-13H,2-5,8H2,1H3,(H2,18,19,22,24)/t9-,11-,12-,13+/m0/s1. The zero-order valence-electron chi connectivity index (χ0n) is 13.6. The van der Waals surface area contributed by atoms with Crippen molar-refractivity contribution in [3.8, 4) is 0 Å². The van der Waals surface area contributed by atoms with E-state index in [-0.39, 0.29) is 29.6 Å². The summed E-state index contributed by atoms with van der Waals surface area (Å²) in [5.74, 6) is 0.169. The van der Waals surface area contributed by atoms with Crippen molar-refractivity contribution in [2.45, 2.75) is 31.2 Å². The summed E-state index contributed by atoms with van der Waals surface area (Å²) in [4.78, 5) is 37.8. The van der Waals surface area contributed by atoms with E-state index in [0.29, 0.717) is 6.54 Å². The molecule has 0 bridgehead atoms. The van der Waals surface area contributed by atoms with Crippen LogP contribution < -0.4 is 10.6 Å². The lowest BCUT2D eigenvalue weighted by atomic mass is 9.90. The monoisotopic (exact) mass is 331 g/mol. The highest BCUT2D eigenvalue weighted by Gasteiger charge is 2.48. The summed E-state index contributed by atoms with van der Waals surface area (Å²) in [6.45, 7) is 1.27. The van der Waals surface area contributed by atoms with Crippen molar-refractivity contribution in [1.29, 1.82) is 0 Å². The molecule has 1 aliphatic carbocycles. The van der Waals surface area contributed by atoms with Crippen LogP contribution in [0.5, 0.6) is 0 Å². The van der Waals surface area contributed by atoms with Crippen molar-refractivity contribution in [1.82, 2.24) is 25.3 Å². The number of hydrogen-bond acceptors (Lipinski definition) is 4. The lowest BCUT2D eigenvalue weighted by Gasteiger charge is -2.34. The second-order valence-electron chi connectivity index (χ2n) is 7.02. The molecule has 0 unspecified atom stereocenters. The van der Waals surface area contributed by atoms with Crippen molar-refractivity contribution >= 4 is 17.8 Å². The normalized spacial score (nSPS) is 32.5. The molecule has 3 fully saturated rings. The average Bonchev–Trinajstić information content (AvgIpc) is 3.13. The van der Waals surface area contributed by atoms with Crippen LogP contribution in [-0.4, -0.2) is 51.7 Å². The minimum absolute atomic E-state index is 0.00950. The molecule has 3 heterocycles. The largest absolute Gasteiger partial charge is 0.342 e. The van der Waals surface area contributed by atoms with Gasteiger partial charge < -0.3 is 10.2 Å². The fraction of sp³-hybridized carbons (Fsp3) is 0.625. The van der Waals surface area contributed by atoms with Crippen LogP contribution in [0, 0.1) is 11.8 Å². The number of hydrogen-bond donors (Lipinski definition) is 2. The molecule has 1 saturated carbocycles. The Hall–Kier alpha value is -2.38. The number of rotatable bonds is 3. The highest BCUT2D eigenvalue weighted by Crippen LogP contribution is 2.48. The lowest BCUT2D eigenvalue weighted by Crippen LogP contribution is -2.48. The van der Waals surface area contributed by atoms with E-state index < -0.39 is 12.1 Å². The molecule has 4 atom stereocenters. The van der Waals surface area contributed by atoms with Gasteiger partial charge in [-0.15, -0.1) is 0 Å². The third-order valence-electron chi connectivity index (χ3n) is 5.31. The molecule has 3 aliphatic rings. The van der Waals surface area contributed by atoms with Crippen molar-refractivity contribution in [2.75, 3.05) is 13.1 Å². The van der Waals surface area contributed by atoms with Crippen LogP contribution in [0.25, 0.3) is 0 Å². The van der Waals surface area contributed by atoms with Crippen LogP contribution in [0.2, 0.25) is 0 Å². The number of aryl methyl sites for hydroxylation is 1. The fourth-order valence-electron chi connectivity index (χ4n) is 3.95. The van der Waals surface area contributed by atoms with Gasteiger partial charge in [0.25, 0.3) is 5.91 Å². The van der Waals surface area contributed by atoms with Crippen LogP contribution in [0.3, 0.4) is 0 Å². The number of likely N-dealkylation sites (tertiary alicyclic amines) is 1. The molecule has 2 aliphatic heterocycles. The minimum atomic E-state index is -0.513. The van der Waals surface area contributed by atoms with E-state index in [4.69, 9.17) is 0 Å². The number of piperidine rings is 1. The quantitative estimate of drug-likeness (QED) is 0.760. The van der Waals surface area contributed by atoms with Gasteiger partial charge in [-0.25, -0.2) is 4.79 Å². The Labute approximate surface area is 139 Å². The second-order valence-corrected chi connectivity index (χ2v) is 7.02. The predicted octanol–water partition coefficient (Wildman–Crippen LogP) is -0.0298. The van der Waals surface area contributed by atoms with E-state index >= 15 is 0 Å². The zero-order valence-corrected chi connectivity index (χ0v) is 13.6. The summed E-state index contributed by atoms with van der Waals surface area (Å²) in [6.07, 6.45) is 6.37. The molecule has 0 radical (unpaired) electrons. The van der Waals surface area contributed by atoms with Crippen molar-refractivity contribution in [2.24, 2.45) is 18.9 Å². The zero-order chi connectivity index (χ0) is 16.8. The van der Waals surface area contributed by atoms with Gasteiger partial charge in [-0.05, 0) is 30.7 Å². The number of urea groups is 1. The van der Waals surface area contributed by atoms with Crippen LogP contribution in [0.15, 0.2) is 12.4 Å². The minimum Gasteiger partial charge on any atom is -0.342 e. The molecular weight excluding hydrogens is 310 g/mol. The van der Waals surface area contributed by atoms with Crippen LogP contribution in [0.1, 0.15) is 30.7 Å². The van der Waals surface area contributed by atoms with E-state index in [1.165, 1.54) is 0 Å². The van der Waals surface area contributed by atoms with Gasteiger partial charge in [0.2, 0.25) is 5.91 Å². The Bertz CT molecular complexity index is 700. The maximum atomic E-state index is 12.8. The first kappa shape index (κ1) is 15.2. The summed E-state index contributed by atoms with van der Waals surface area (Å²) in [7, 11) is 1.87. The molecule has 8 nitrogen and oxygen atoms in total. The molecule has 0 spiro atoms. The molecule has 1 aromatic heterocycles. The van der Waals surface area contributed by atoms with E-state index in [2.05, 4.69) is 15.7 Å². The van der Waals surface area contributed by atoms with Gasteiger partial charge in [0.05, 0.1) is 6.20 Å². The van der Waals surface area contributed by atoms with E-state index in [0.717, 1.165) is 31.4 Å². The third-order valence-corrected chi connectivity index (χ3v) is 5.31. The average molecular weight is 331 g/mol. The topological polar surface area (TPSA) is 96.3 Å². The fourth-order valence-corrected chi connectivity index (χ4v) is 3.95. The van der Waals surface area contributed by atoms with E-state index in [9.17, 15) is 14.4 Å². The second kappa shape index (κ2) is 5.61. The SMILES string of the molecule is Cn1cc([C@@H]2C[C@@H]2C(=O)N2CCC[C@H]([C@H]3NC(=O)NC3=O)C2)cn1. The number of amides is 4. The maximum Gasteiger partial charge on any atom is 0.322 e. The van der Waals surface area contributed by atoms with Gasteiger partial charge >= 0.3 is 6.03 Å². The van der Waals surface area contributed by atoms with E-state index in [1.54, 1.807) is 4.68 Å². The number of imide groups is 1. The van der Waals surface area contributed by atoms with Crippen LogP contribution in [-0.2, 0) is 16.6 Å². The summed E-state index contributed by atoms with van der Waals surface area (Å²) in [6, 6.07) is -0.950. The number of nitrogens with one attached hydrogen (secondary N) is 2. The lowest BCUT2D eigenvalue weighted by molar-refractivity contribution is -0.135. The highest BCUT2D eigenvalue weighted by molar-refractivity contribution is 6.04. The third kappa shape index (κ3) is 2.65. The Balaban J connectivity index is 1.39. The Morgan fingerprint density at radius 1 is 1.38 bits per heavy atom. The number of aromatic nitrogens is 2. The Morgan fingerprint density at radius 2 is 2.21 bits per heavy atom. The van der Waals surface area contributed by atoms with E-state index in [1.807, 2.05) is 24.3 Å². The molecule has 4 amide bonds. The van der Waals surface area contributed by atoms with Gasteiger partial charge in [0.1, 0.15) is 6.04 Å². The molecular formula is C16H21N5O3. The molecule has 128 valence electrons. The maximum absolute atomic E-state index is 12.8. The molecule has 24 heavy (non-hydrogen) atoms. The van der Waals surface area contributed by atoms with Gasteiger partial charge in [-0.3, -0.25) is 19.6 Å². The van der Waals surface area contributed by atoms with Gasteiger partial charge in [0.15, 0.2) is 0 Å². The number of carbonyl (C=O) groups is 3. The van der Waals surface area contributed by atoms with Gasteiger partial charge in [0, 0.05) is 38.2 Å². The summed E-state index contributed by atoms with van der Waals surface area (Å²) < 4.78 is 1.76. The van der Waals surface area contributed by atoms with Crippen molar-refractivity contribution in [3.05, 3.63) is 18.0 Å². The smallest absolute Gasteiger partial charge is 0.322 e. The first-order chi connectivity index (χ1) is 11.5. The van der Waals surface area contributed by atoms with Gasteiger partial charge in [-0.2, -0.15) is 5.10 Å². The van der Waals surface area contributed by atoms with Crippen LogP contribution >= 0.6 is 0 Å². The predicted molar refractivity (Wildman–Crippen MR) is 83.8 cm³/mol. The molecule has 2 N–H and O–H groups in total. The number of carbonyl (C=O) groups excluding carboxylic acids is 3. The summed E-state index contributed by atoms with van der Waals surface area (Å²) in [5.41, 5.74) is 1.12. The first-order valence-electron chi connectivity index (χ1n) is 8.41. The molecule has 1 aromatic rings. The van der Waals surface area contributed by atoms with Crippen molar-refractivity contribution < 1.29 is 14.4 Å². The molecule has 8 heteroatoms. The summed E-state index contributed by atoms with van der Waals surface area (Å²) >= 11 is 0. The Morgan fingerprint density at radius 3 is 2.88 bits per heavy atom.